The number of nitrogens with zero attached hydrogens (tertiary/aromatic N) is 2. The quantitative estimate of drug-likeness (QED) is 0.170. The molecule has 0 aromatic heterocycles. The van der Waals surface area contributed by atoms with E-state index in [0.717, 1.165) is 22.3 Å². The van der Waals surface area contributed by atoms with Gasteiger partial charge in [0.1, 0.15) is 0 Å². The first-order chi connectivity index (χ1) is 16.5. The van der Waals surface area contributed by atoms with Crippen LogP contribution in [0.25, 0.3) is 5.57 Å². The molecule has 2 aromatic rings. The van der Waals surface area contributed by atoms with E-state index < -0.39 is 11.9 Å². The van der Waals surface area contributed by atoms with Gasteiger partial charge in [-0.2, -0.15) is 0 Å². The first-order valence-electron chi connectivity index (χ1n) is 11.6. The Morgan fingerprint density at radius 3 is 1.71 bits per heavy atom. The van der Waals surface area contributed by atoms with Gasteiger partial charge < -0.3 is 19.3 Å². The number of allylic oxidation sites excluding steroid dienone is 1. The molecule has 0 spiro atoms. The average Bonchev–Trinajstić information content (AvgIpc) is 2.81. The van der Waals surface area contributed by atoms with Crippen LogP contribution in [0.15, 0.2) is 77.5 Å². The number of rotatable bonds is 9. The predicted octanol–water partition coefficient (Wildman–Crippen LogP) is 4.78. The minimum Gasteiger partial charge on any atom is -0.465 e. The van der Waals surface area contributed by atoms with E-state index in [1.807, 2.05) is 79.5 Å². The molecule has 0 fully saturated rings. The monoisotopic (exact) mass is 478 g/mol. The van der Waals surface area contributed by atoms with Crippen molar-refractivity contribution >= 4 is 17.5 Å². The van der Waals surface area contributed by atoms with Crippen molar-refractivity contribution in [1.82, 2.24) is 9.80 Å². The highest BCUT2D eigenvalue weighted by Crippen LogP contribution is 2.40. The molecular weight excluding hydrogens is 440 g/mol. The fourth-order valence-electron chi connectivity index (χ4n) is 4.24. The van der Waals surface area contributed by atoms with Gasteiger partial charge in [0, 0.05) is 20.1 Å². The van der Waals surface area contributed by atoms with Crippen molar-refractivity contribution in [3.63, 3.8) is 0 Å². The van der Waals surface area contributed by atoms with E-state index in [4.69, 9.17) is 9.47 Å². The van der Waals surface area contributed by atoms with Crippen LogP contribution in [0.3, 0.4) is 0 Å². The molecule has 0 atom stereocenters. The van der Waals surface area contributed by atoms with Crippen molar-refractivity contribution in [3.8, 4) is 0 Å². The van der Waals surface area contributed by atoms with Gasteiger partial charge in [0.15, 0.2) is 5.57 Å². The number of esters is 2. The zero-order valence-corrected chi connectivity index (χ0v) is 22.2. The van der Waals surface area contributed by atoms with Gasteiger partial charge in [0.2, 0.25) is 0 Å². The molecule has 0 aliphatic carbocycles. The third-order valence-corrected chi connectivity index (χ3v) is 5.53. The van der Waals surface area contributed by atoms with E-state index in [1.165, 1.54) is 14.2 Å². The molecule has 188 valence electrons. The van der Waals surface area contributed by atoms with E-state index in [9.17, 15) is 9.59 Å². The molecule has 0 N–H and O–H groups in total. The number of ether oxygens (including phenoxy) is 2. The van der Waals surface area contributed by atoms with Crippen molar-refractivity contribution < 1.29 is 19.1 Å². The Bertz CT molecular complexity index is 1050. The zero-order valence-electron chi connectivity index (χ0n) is 22.2. The minimum atomic E-state index is -0.732. The highest BCUT2D eigenvalue weighted by Gasteiger charge is 2.33. The average molecular weight is 479 g/mol. The topological polar surface area (TPSA) is 59.1 Å². The number of benzene rings is 2. The van der Waals surface area contributed by atoms with Crippen LogP contribution >= 0.6 is 0 Å². The summed E-state index contributed by atoms with van der Waals surface area (Å²) in [6.07, 6.45) is 0. The Labute approximate surface area is 209 Å². The highest BCUT2D eigenvalue weighted by atomic mass is 16.5. The highest BCUT2D eigenvalue weighted by molar-refractivity contribution is 6.15. The maximum absolute atomic E-state index is 13.1. The number of hydrogen-bond acceptors (Lipinski definition) is 6. The van der Waals surface area contributed by atoms with Crippen LogP contribution in [-0.4, -0.2) is 63.6 Å². The van der Waals surface area contributed by atoms with E-state index in [0.29, 0.717) is 18.8 Å². The number of carbonyl (C=O) groups excluding carboxylic acids is 2. The van der Waals surface area contributed by atoms with Crippen LogP contribution in [0.1, 0.15) is 31.9 Å². The summed E-state index contributed by atoms with van der Waals surface area (Å²) in [5, 5.41) is 0. The van der Waals surface area contributed by atoms with Crippen molar-refractivity contribution in [2.24, 2.45) is 5.41 Å². The van der Waals surface area contributed by atoms with Crippen molar-refractivity contribution in [1.29, 1.82) is 0 Å². The van der Waals surface area contributed by atoms with Crippen LogP contribution in [0.2, 0.25) is 0 Å². The first-order valence-corrected chi connectivity index (χ1v) is 11.6. The molecule has 0 unspecified atom stereocenters. The van der Waals surface area contributed by atoms with Crippen molar-refractivity contribution in [3.05, 3.63) is 88.6 Å². The number of methoxy groups -OCH3 is 2. The van der Waals surface area contributed by atoms with Crippen LogP contribution in [0, 0.1) is 5.41 Å². The molecule has 35 heavy (non-hydrogen) atoms. The summed E-state index contributed by atoms with van der Waals surface area (Å²) in [5.41, 5.74) is 4.03. The van der Waals surface area contributed by atoms with E-state index in [-0.39, 0.29) is 11.0 Å². The fourth-order valence-corrected chi connectivity index (χ4v) is 4.24. The van der Waals surface area contributed by atoms with Gasteiger partial charge in [-0.05, 0) is 41.8 Å². The molecule has 0 amide bonds. The smallest absolute Gasteiger partial charge is 0.347 e. The summed E-state index contributed by atoms with van der Waals surface area (Å²) in [7, 11) is 8.37. The maximum Gasteiger partial charge on any atom is 0.347 e. The summed E-state index contributed by atoms with van der Waals surface area (Å²) in [6.45, 7) is 7.38. The molecule has 0 radical (unpaired) electrons. The lowest BCUT2D eigenvalue weighted by molar-refractivity contribution is -0.144. The van der Waals surface area contributed by atoms with Crippen LogP contribution < -0.4 is 0 Å². The standard InChI is InChI=1S/C29H38N2O4/c1-29(2,3)25(22-17-13-10-14-18-22)23(20-30(4)5)26(24(27(32)34-7)28(33)35-8)31(6)19-21-15-11-9-12-16-21/h9-18H,19-20H2,1-8H3/b25-23-. The van der Waals surface area contributed by atoms with Crippen LogP contribution in [0.5, 0.6) is 0 Å². The molecule has 2 aromatic carbocycles. The Morgan fingerprint density at radius 2 is 1.29 bits per heavy atom. The van der Waals surface area contributed by atoms with E-state index in [2.05, 4.69) is 32.9 Å². The van der Waals surface area contributed by atoms with Gasteiger partial charge in [-0.25, -0.2) is 9.59 Å². The summed E-state index contributed by atoms with van der Waals surface area (Å²) in [5.74, 6) is -1.46. The fraction of sp³-hybridized carbons (Fsp3) is 0.379. The Balaban J connectivity index is 3.01. The number of likely N-dealkylation sites (N-methyl/N-ethyl adjacent to an activating group) is 2. The largest absolute Gasteiger partial charge is 0.465 e. The molecule has 0 saturated carbocycles. The predicted molar refractivity (Wildman–Crippen MR) is 140 cm³/mol. The van der Waals surface area contributed by atoms with Crippen LogP contribution in [0.4, 0.5) is 0 Å². The lowest BCUT2D eigenvalue weighted by Crippen LogP contribution is -2.32. The van der Waals surface area contributed by atoms with Gasteiger partial charge >= 0.3 is 11.9 Å². The van der Waals surface area contributed by atoms with Gasteiger partial charge in [-0.3, -0.25) is 0 Å². The minimum absolute atomic E-state index is 0.122. The lowest BCUT2D eigenvalue weighted by atomic mass is 9.77. The molecule has 0 bridgehead atoms. The molecule has 2 rings (SSSR count). The second-order valence-electron chi connectivity index (χ2n) is 9.76. The Kier molecular flexibility index (Phi) is 9.84. The summed E-state index contributed by atoms with van der Waals surface area (Å²) < 4.78 is 10.2. The molecule has 0 saturated heterocycles. The first kappa shape index (κ1) is 27.9. The second-order valence-corrected chi connectivity index (χ2v) is 9.76. The molecule has 6 heteroatoms. The second kappa shape index (κ2) is 12.4. The van der Waals surface area contributed by atoms with E-state index >= 15 is 0 Å². The maximum atomic E-state index is 13.1. The normalized spacial score (nSPS) is 12.0. The SMILES string of the molecule is COC(=O)C(C(=O)OC)=C(/C(CN(C)C)=C(/c1ccccc1)C(C)(C)C)N(C)Cc1ccccc1. The molecule has 0 heterocycles. The van der Waals surface area contributed by atoms with E-state index in [1.54, 1.807) is 0 Å². The van der Waals surface area contributed by atoms with Gasteiger partial charge in [-0.15, -0.1) is 0 Å². The third-order valence-electron chi connectivity index (χ3n) is 5.53. The molecule has 0 aliphatic heterocycles. The molecular formula is C29H38N2O4. The summed E-state index contributed by atoms with van der Waals surface area (Å²) in [4.78, 5) is 30.1. The van der Waals surface area contributed by atoms with Crippen molar-refractivity contribution in [2.45, 2.75) is 27.3 Å². The van der Waals surface area contributed by atoms with Gasteiger partial charge in [-0.1, -0.05) is 81.4 Å². The van der Waals surface area contributed by atoms with Gasteiger partial charge in [0.25, 0.3) is 0 Å². The molecule has 6 nitrogen and oxygen atoms in total. The number of carbonyl (C=O) groups is 2. The zero-order chi connectivity index (χ0) is 26.2. The Morgan fingerprint density at radius 1 is 0.800 bits per heavy atom. The molecule has 0 aliphatic rings. The van der Waals surface area contributed by atoms with Crippen LogP contribution in [-0.2, 0) is 25.6 Å². The van der Waals surface area contributed by atoms with Crippen molar-refractivity contribution in [2.75, 3.05) is 41.9 Å². The summed E-state index contributed by atoms with van der Waals surface area (Å²) >= 11 is 0. The Hall–Kier alpha value is -3.38. The third kappa shape index (κ3) is 7.30. The van der Waals surface area contributed by atoms with Gasteiger partial charge in [0.05, 0.1) is 19.9 Å². The number of hydrogen-bond donors (Lipinski definition) is 0. The summed E-state index contributed by atoms with van der Waals surface area (Å²) in [6, 6.07) is 20.0. The lowest BCUT2D eigenvalue weighted by Gasteiger charge is -2.34.